The van der Waals surface area contributed by atoms with Crippen LogP contribution in [0.2, 0.25) is 0 Å². The van der Waals surface area contributed by atoms with Crippen molar-refractivity contribution >= 4 is 21.7 Å². The second kappa shape index (κ2) is 5.86. The quantitative estimate of drug-likeness (QED) is 0.864. The zero-order chi connectivity index (χ0) is 13.0. The molecule has 0 unspecified atom stereocenters. The molecule has 0 amide bonds. The molecule has 0 spiro atoms. The first-order valence-electron chi connectivity index (χ1n) is 5.52. The van der Waals surface area contributed by atoms with Crippen molar-refractivity contribution in [3.63, 3.8) is 0 Å². The molecule has 2 N–H and O–H groups in total. The van der Waals surface area contributed by atoms with Crippen LogP contribution in [0.5, 0.6) is 5.75 Å². The van der Waals surface area contributed by atoms with Gasteiger partial charge in [0.25, 0.3) is 0 Å². The molecular weight excluding hydrogens is 301 g/mol. The number of nitrogens with two attached hydrogens (primary N) is 1. The van der Waals surface area contributed by atoms with E-state index in [0.717, 1.165) is 10.9 Å². The fourth-order valence-electron chi connectivity index (χ4n) is 1.50. The van der Waals surface area contributed by atoms with E-state index in [1.165, 1.54) is 12.1 Å². The maximum atomic E-state index is 13.0. The number of hydrogen-bond acceptors (Lipinski definition) is 3. The Balaban J connectivity index is 1.80. The lowest BCUT2D eigenvalue weighted by Crippen LogP contribution is -2.05. The Kier molecular flexibility index (Phi) is 4.19. The van der Waals surface area contributed by atoms with E-state index in [1.807, 2.05) is 6.20 Å². The van der Waals surface area contributed by atoms with E-state index in [0.29, 0.717) is 24.7 Å². The number of anilines is 1. The molecule has 2 aromatic rings. The molecule has 96 valence electrons. The van der Waals surface area contributed by atoms with Crippen molar-refractivity contribution in [1.29, 1.82) is 0 Å². The molecule has 0 saturated heterocycles. The van der Waals surface area contributed by atoms with E-state index in [9.17, 15) is 4.39 Å². The number of nitrogen functional groups attached to an aromatic ring is 1. The average Bonchev–Trinajstić information content (AvgIpc) is 2.75. The van der Waals surface area contributed by atoms with Crippen LogP contribution in [0.25, 0.3) is 0 Å². The summed E-state index contributed by atoms with van der Waals surface area (Å²) in [6.07, 6.45) is 2.58. The fourth-order valence-corrected chi connectivity index (χ4v) is 1.86. The Morgan fingerprint density at radius 2 is 2.22 bits per heavy atom. The van der Waals surface area contributed by atoms with Crippen LogP contribution in [-0.2, 0) is 6.54 Å². The Morgan fingerprint density at radius 3 is 2.94 bits per heavy atom. The van der Waals surface area contributed by atoms with Crippen LogP contribution in [0, 0.1) is 5.82 Å². The third kappa shape index (κ3) is 3.46. The first kappa shape index (κ1) is 12.9. The predicted octanol–water partition coefficient (Wildman–Crippen LogP) is 2.84. The Morgan fingerprint density at radius 1 is 1.39 bits per heavy atom. The van der Waals surface area contributed by atoms with Gasteiger partial charge in [0.15, 0.2) is 0 Å². The number of aryl methyl sites for hydroxylation is 1. The summed E-state index contributed by atoms with van der Waals surface area (Å²) in [6.45, 7) is 1.20. The minimum absolute atomic E-state index is 0.312. The van der Waals surface area contributed by atoms with Crippen LogP contribution in [0.3, 0.4) is 0 Å². The highest BCUT2D eigenvalue weighted by Crippen LogP contribution is 2.25. The number of halogens is 2. The van der Waals surface area contributed by atoms with Gasteiger partial charge in [0.2, 0.25) is 0 Å². The molecule has 0 aliphatic carbocycles. The molecule has 0 atom stereocenters. The van der Waals surface area contributed by atoms with Crippen LogP contribution in [0.15, 0.2) is 34.9 Å². The topological polar surface area (TPSA) is 53.1 Å². The van der Waals surface area contributed by atoms with Crippen LogP contribution >= 0.6 is 15.9 Å². The third-order valence-corrected chi connectivity index (χ3v) is 3.00. The molecule has 1 heterocycles. The molecule has 0 fully saturated rings. The smallest absolute Gasteiger partial charge is 0.145 e. The van der Waals surface area contributed by atoms with E-state index in [4.69, 9.17) is 10.5 Å². The average molecular weight is 314 g/mol. The van der Waals surface area contributed by atoms with E-state index in [2.05, 4.69) is 21.0 Å². The van der Waals surface area contributed by atoms with Crippen molar-refractivity contribution in [3.8, 4) is 5.75 Å². The maximum Gasteiger partial charge on any atom is 0.145 e. The standard InChI is InChI=1S/C12H13BrFN3O/c13-10-3-2-9(14)8-11(10)18-7-1-5-17-6-4-12(15)16-17/h2-4,6,8H,1,5,7H2,(H2,15,16). The summed E-state index contributed by atoms with van der Waals surface area (Å²) < 4.78 is 21.0. The molecular formula is C12H13BrFN3O. The van der Waals surface area contributed by atoms with Gasteiger partial charge in [0, 0.05) is 25.2 Å². The molecule has 0 aliphatic rings. The van der Waals surface area contributed by atoms with Gasteiger partial charge in [-0.15, -0.1) is 0 Å². The van der Waals surface area contributed by atoms with Crippen molar-refractivity contribution < 1.29 is 9.13 Å². The molecule has 18 heavy (non-hydrogen) atoms. The number of nitrogens with zero attached hydrogens (tertiary/aromatic N) is 2. The maximum absolute atomic E-state index is 13.0. The number of hydrogen-bond donors (Lipinski definition) is 1. The van der Waals surface area contributed by atoms with E-state index in [-0.39, 0.29) is 5.82 Å². The second-order valence-electron chi connectivity index (χ2n) is 3.78. The zero-order valence-electron chi connectivity index (χ0n) is 9.64. The lowest BCUT2D eigenvalue weighted by Gasteiger charge is -2.08. The van der Waals surface area contributed by atoms with Crippen LogP contribution in [0.1, 0.15) is 6.42 Å². The lowest BCUT2D eigenvalue weighted by atomic mass is 10.3. The largest absolute Gasteiger partial charge is 0.492 e. The van der Waals surface area contributed by atoms with Crippen molar-refractivity contribution in [2.24, 2.45) is 0 Å². The number of benzene rings is 1. The summed E-state index contributed by atoms with van der Waals surface area (Å²) in [7, 11) is 0. The first-order chi connectivity index (χ1) is 8.65. The van der Waals surface area contributed by atoms with Gasteiger partial charge in [0.1, 0.15) is 17.4 Å². The molecule has 0 aliphatic heterocycles. The highest BCUT2D eigenvalue weighted by molar-refractivity contribution is 9.10. The van der Waals surface area contributed by atoms with Crippen molar-refractivity contribution in [3.05, 3.63) is 40.8 Å². The third-order valence-electron chi connectivity index (χ3n) is 2.34. The highest BCUT2D eigenvalue weighted by atomic mass is 79.9. The minimum Gasteiger partial charge on any atom is -0.492 e. The summed E-state index contributed by atoms with van der Waals surface area (Å²) in [4.78, 5) is 0. The van der Waals surface area contributed by atoms with Gasteiger partial charge in [-0.1, -0.05) is 0 Å². The summed E-state index contributed by atoms with van der Waals surface area (Å²) in [5.74, 6) is 0.701. The Bertz CT molecular complexity index is 530. The Hall–Kier alpha value is -1.56. The predicted molar refractivity (Wildman–Crippen MR) is 70.9 cm³/mol. The summed E-state index contributed by atoms with van der Waals surface area (Å²) in [6, 6.07) is 6.10. The molecule has 1 aromatic carbocycles. The van der Waals surface area contributed by atoms with Gasteiger partial charge in [-0.25, -0.2) is 4.39 Å². The first-order valence-corrected chi connectivity index (χ1v) is 6.31. The fraction of sp³-hybridized carbons (Fsp3) is 0.250. The SMILES string of the molecule is Nc1ccn(CCCOc2cc(F)ccc2Br)n1. The summed E-state index contributed by atoms with van der Waals surface area (Å²) in [5.41, 5.74) is 5.50. The molecule has 4 nitrogen and oxygen atoms in total. The monoisotopic (exact) mass is 313 g/mol. The molecule has 0 bridgehead atoms. The van der Waals surface area contributed by atoms with Gasteiger partial charge in [-0.05, 0) is 34.1 Å². The van der Waals surface area contributed by atoms with E-state index in [1.54, 1.807) is 16.8 Å². The molecule has 0 radical (unpaired) electrons. The van der Waals surface area contributed by atoms with Crippen molar-refractivity contribution in [2.45, 2.75) is 13.0 Å². The highest BCUT2D eigenvalue weighted by Gasteiger charge is 2.03. The van der Waals surface area contributed by atoms with Crippen LogP contribution in [-0.4, -0.2) is 16.4 Å². The number of ether oxygens (including phenoxy) is 1. The number of aromatic nitrogens is 2. The van der Waals surface area contributed by atoms with Gasteiger partial charge in [-0.2, -0.15) is 5.10 Å². The van der Waals surface area contributed by atoms with Gasteiger partial charge >= 0.3 is 0 Å². The molecule has 1 aromatic heterocycles. The van der Waals surface area contributed by atoms with Crippen molar-refractivity contribution in [2.75, 3.05) is 12.3 Å². The van der Waals surface area contributed by atoms with Gasteiger partial charge in [-0.3, -0.25) is 4.68 Å². The van der Waals surface area contributed by atoms with E-state index < -0.39 is 0 Å². The minimum atomic E-state index is -0.312. The Labute approximate surface area is 113 Å². The van der Waals surface area contributed by atoms with Crippen molar-refractivity contribution in [1.82, 2.24) is 9.78 Å². The van der Waals surface area contributed by atoms with E-state index >= 15 is 0 Å². The zero-order valence-corrected chi connectivity index (χ0v) is 11.2. The van der Waals surface area contributed by atoms with Crippen LogP contribution < -0.4 is 10.5 Å². The van der Waals surface area contributed by atoms with Gasteiger partial charge < -0.3 is 10.5 Å². The van der Waals surface area contributed by atoms with Gasteiger partial charge in [0.05, 0.1) is 11.1 Å². The number of rotatable bonds is 5. The summed E-state index contributed by atoms with van der Waals surface area (Å²) >= 11 is 3.31. The van der Waals surface area contributed by atoms with Crippen LogP contribution in [0.4, 0.5) is 10.2 Å². The summed E-state index contributed by atoms with van der Waals surface area (Å²) in [5, 5.41) is 4.06. The molecule has 6 heteroatoms. The molecule has 0 saturated carbocycles. The lowest BCUT2D eigenvalue weighted by molar-refractivity contribution is 0.295. The normalized spacial score (nSPS) is 10.6. The molecule has 2 rings (SSSR count). The second-order valence-corrected chi connectivity index (χ2v) is 4.63.